The van der Waals surface area contributed by atoms with Crippen LogP contribution in [0.1, 0.15) is 24.2 Å². The molecular formula is C11H13FO3. The van der Waals surface area contributed by atoms with Crippen molar-refractivity contribution in [2.24, 2.45) is 0 Å². The largest absolute Gasteiger partial charge is 0.488 e. The molecule has 0 aliphatic heterocycles. The number of carbonyl (C=O) groups excluding carboxylic acids is 1. The van der Waals surface area contributed by atoms with Crippen molar-refractivity contribution in [3.63, 3.8) is 0 Å². The second kappa shape index (κ2) is 4.40. The molecule has 0 aliphatic rings. The highest BCUT2D eigenvalue weighted by Gasteiger charge is 2.14. The van der Waals surface area contributed by atoms with Crippen LogP contribution >= 0.6 is 0 Å². The Bertz CT molecular complexity index is 355. The molecule has 0 amide bonds. The van der Waals surface area contributed by atoms with Gasteiger partial charge in [0.15, 0.2) is 11.6 Å². The molecule has 1 aromatic carbocycles. The quantitative estimate of drug-likeness (QED) is 0.774. The Labute approximate surface area is 87.5 Å². The van der Waals surface area contributed by atoms with Crippen LogP contribution in [0.3, 0.4) is 0 Å². The second-order valence-electron chi connectivity index (χ2n) is 3.91. The molecular weight excluding hydrogens is 199 g/mol. The summed E-state index contributed by atoms with van der Waals surface area (Å²) in [5.41, 5.74) is -0.765. The monoisotopic (exact) mass is 212 g/mol. The van der Waals surface area contributed by atoms with Gasteiger partial charge < -0.3 is 9.84 Å². The van der Waals surface area contributed by atoms with E-state index in [-0.39, 0.29) is 17.9 Å². The summed E-state index contributed by atoms with van der Waals surface area (Å²) in [4.78, 5) is 10.3. The van der Waals surface area contributed by atoms with Gasteiger partial charge in [-0.1, -0.05) is 0 Å². The molecule has 0 unspecified atom stereocenters. The standard InChI is InChI=1S/C11H13FO3/c1-11(2,14)7-15-10-4-3-8(6-13)5-9(10)12/h3-6,14H,7H2,1-2H3. The fourth-order valence-electron chi connectivity index (χ4n) is 0.962. The van der Waals surface area contributed by atoms with Crippen LogP contribution in [0.15, 0.2) is 18.2 Å². The Morgan fingerprint density at radius 3 is 2.67 bits per heavy atom. The molecule has 0 bridgehead atoms. The third-order valence-electron chi connectivity index (χ3n) is 1.67. The van der Waals surface area contributed by atoms with E-state index in [2.05, 4.69) is 0 Å². The van der Waals surface area contributed by atoms with Crippen LogP contribution in [0.25, 0.3) is 0 Å². The fourth-order valence-corrected chi connectivity index (χ4v) is 0.962. The summed E-state index contributed by atoms with van der Waals surface area (Å²) in [6, 6.07) is 3.91. The molecule has 0 fully saturated rings. The predicted molar refractivity (Wildman–Crippen MR) is 53.6 cm³/mol. The lowest BCUT2D eigenvalue weighted by Gasteiger charge is -2.17. The normalized spacial score (nSPS) is 11.2. The molecule has 0 atom stereocenters. The highest BCUT2D eigenvalue weighted by molar-refractivity contribution is 5.74. The van der Waals surface area contributed by atoms with Crippen LogP contribution < -0.4 is 4.74 Å². The smallest absolute Gasteiger partial charge is 0.165 e. The maximum Gasteiger partial charge on any atom is 0.165 e. The van der Waals surface area contributed by atoms with Gasteiger partial charge in [0.25, 0.3) is 0 Å². The maximum absolute atomic E-state index is 13.2. The van der Waals surface area contributed by atoms with E-state index in [0.29, 0.717) is 6.29 Å². The van der Waals surface area contributed by atoms with Crippen LogP contribution in [-0.4, -0.2) is 23.6 Å². The van der Waals surface area contributed by atoms with Gasteiger partial charge in [0, 0.05) is 5.56 Å². The van der Waals surface area contributed by atoms with E-state index in [0.717, 1.165) is 6.07 Å². The van der Waals surface area contributed by atoms with E-state index in [1.807, 2.05) is 0 Å². The molecule has 0 saturated carbocycles. The Morgan fingerprint density at radius 1 is 1.53 bits per heavy atom. The average molecular weight is 212 g/mol. The minimum atomic E-state index is -1.02. The van der Waals surface area contributed by atoms with Gasteiger partial charge >= 0.3 is 0 Å². The maximum atomic E-state index is 13.2. The summed E-state index contributed by atoms with van der Waals surface area (Å²) in [6.45, 7) is 3.11. The lowest BCUT2D eigenvalue weighted by Crippen LogP contribution is -2.28. The third kappa shape index (κ3) is 3.67. The zero-order chi connectivity index (χ0) is 11.5. The van der Waals surface area contributed by atoms with Crippen molar-refractivity contribution < 1.29 is 19.0 Å². The third-order valence-corrected chi connectivity index (χ3v) is 1.67. The number of carbonyl (C=O) groups is 1. The van der Waals surface area contributed by atoms with Crippen molar-refractivity contribution in [1.29, 1.82) is 0 Å². The van der Waals surface area contributed by atoms with Crippen molar-refractivity contribution in [2.45, 2.75) is 19.4 Å². The van der Waals surface area contributed by atoms with Crippen LogP contribution in [0.5, 0.6) is 5.75 Å². The number of hydrogen-bond donors (Lipinski definition) is 1. The first kappa shape index (κ1) is 11.7. The first-order valence-electron chi connectivity index (χ1n) is 4.52. The van der Waals surface area contributed by atoms with Crippen LogP contribution in [-0.2, 0) is 0 Å². The molecule has 3 nitrogen and oxygen atoms in total. The molecule has 0 aliphatic carbocycles. The Morgan fingerprint density at radius 2 is 2.20 bits per heavy atom. The Hall–Kier alpha value is -1.42. The topological polar surface area (TPSA) is 46.5 Å². The number of halogens is 1. The van der Waals surface area contributed by atoms with Crippen molar-refractivity contribution in [3.8, 4) is 5.75 Å². The van der Waals surface area contributed by atoms with E-state index in [1.165, 1.54) is 12.1 Å². The second-order valence-corrected chi connectivity index (χ2v) is 3.91. The predicted octanol–water partition coefficient (Wildman–Crippen LogP) is 1.79. The highest BCUT2D eigenvalue weighted by Crippen LogP contribution is 2.18. The number of benzene rings is 1. The van der Waals surface area contributed by atoms with Gasteiger partial charge in [0.1, 0.15) is 12.9 Å². The van der Waals surface area contributed by atoms with Gasteiger partial charge in [-0.2, -0.15) is 0 Å². The summed E-state index contributed by atoms with van der Waals surface area (Å²) in [7, 11) is 0. The molecule has 82 valence electrons. The first-order chi connectivity index (χ1) is 6.92. The van der Waals surface area contributed by atoms with Gasteiger partial charge in [-0.25, -0.2) is 4.39 Å². The van der Waals surface area contributed by atoms with Gasteiger partial charge in [-0.15, -0.1) is 0 Å². The van der Waals surface area contributed by atoms with Crippen LogP contribution in [0, 0.1) is 5.82 Å². The summed E-state index contributed by atoms with van der Waals surface area (Å²) in [5, 5.41) is 9.37. The number of rotatable bonds is 4. The van der Waals surface area contributed by atoms with E-state index >= 15 is 0 Å². The summed E-state index contributed by atoms with van der Waals surface area (Å²) < 4.78 is 18.3. The van der Waals surface area contributed by atoms with Gasteiger partial charge in [0.2, 0.25) is 0 Å². The van der Waals surface area contributed by atoms with Gasteiger partial charge in [-0.05, 0) is 32.0 Å². The number of hydrogen-bond acceptors (Lipinski definition) is 3. The molecule has 0 spiro atoms. The van der Waals surface area contributed by atoms with Crippen molar-refractivity contribution in [1.82, 2.24) is 0 Å². The van der Waals surface area contributed by atoms with E-state index in [9.17, 15) is 14.3 Å². The molecule has 1 N–H and O–H groups in total. The van der Waals surface area contributed by atoms with Crippen molar-refractivity contribution in [3.05, 3.63) is 29.6 Å². The number of aliphatic hydroxyl groups is 1. The van der Waals surface area contributed by atoms with E-state index < -0.39 is 11.4 Å². The van der Waals surface area contributed by atoms with Gasteiger partial charge in [-0.3, -0.25) is 4.79 Å². The molecule has 0 saturated heterocycles. The summed E-state index contributed by atoms with van der Waals surface area (Å²) in [6.07, 6.45) is 0.558. The average Bonchev–Trinajstić information content (AvgIpc) is 2.14. The SMILES string of the molecule is CC(C)(O)COc1ccc(C=O)cc1F. The fraction of sp³-hybridized carbons (Fsp3) is 0.364. The van der Waals surface area contributed by atoms with E-state index in [4.69, 9.17) is 4.74 Å². The lowest BCUT2D eigenvalue weighted by atomic mass is 10.1. The molecule has 1 aromatic rings. The molecule has 0 heterocycles. The molecule has 1 rings (SSSR count). The highest BCUT2D eigenvalue weighted by atomic mass is 19.1. The summed E-state index contributed by atoms with van der Waals surface area (Å²) in [5.74, 6) is -0.577. The Kier molecular flexibility index (Phi) is 3.42. The minimum Gasteiger partial charge on any atom is -0.488 e. The Balaban J connectivity index is 2.74. The van der Waals surface area contributed by atoms with Crippen LogP contribution in [0.4, 0.5) is 4.39 Å². The lowest BCUT2D eigenvalue weighted by molar-refractivity contribution is 0.0271. The molecule has 15 heavy (non-hydrogen) atoms. The molecule has 4 heteroatoms. The van der Waals surface area contributed by atoms with Crippen molar-refractivity contribution >= 4 is 6.29 Å². The number of aldehydes is 1. The molecule has 0 radical (unpaired) electrons. The van der Waals surface area contributed by atoms with Crippen LogP contribution in [0.2, 0.25) is 0 Å². The van der Waals surface area contributed by atoms with E-state index in [1.54, 1.807) is 13.8 Å². The molecule has 0 aromatic heterocycles. The van der Waals surface area contributed by atoms with Gasteiger partial charge in [0.05, 0.1) is 5.60 Å². The minimum absolute atomic E-state index is 0.00957. The van der Waals surface area contributed by atoms with Crippen molar-refractivity contribution in [2.75, 3.05) is 6.61 Å². The zero-order valence-corrected chi connectivity index (χ0v) is 8.66. The zero-order valence-electron chi connectivity index (χ0n) is 8.66. The number of ether oxygens (including phenoxy) is 1. The summed E-state index contributed by atoms with van der Waals surface area (Å²) >= 11 is 0. The first-order valence-corrected chi connectivity index (χ1v) is 4.52.